The minimum absolute atomic E-state index is 0.471. The normalized spacial score (nSPS) is 10.2. The van der Waals surface area contributed by atoms with Gasteiger partial charge in [-0.3, -0.25) is 0 Å². The van der Waals surface area contributed by atoms with Crippen molar-refractivity contribution in [1.29, 1.82) is 0 Å². The third-order valence-corrected chi connectivity index (χ3v) is 3.59. The highest BCUT2D eigenvalue weighted by molar-refractivity contribution is 9.10. The van der Waals surface area contributed by atoms with E-state index >= 15 is 0 Å². The van der Waals surface area contributed by atoms with Crippen molar-refractivity contribution in [2.45, 2.75) is 6.54 Å². The molecule has 2 aromatic rings. The Balaban J connectivity index is 2.36. The predicted octanol–water partition coefficient (Wildman–Crippen LogP) is 3.72. The maximum absolute atomic E-state index is 5.88. The van der Waals surface area contributed by atoms with Crippen molar-refractivity contribution in [2.75, 3.05) is 14.2 Å². The van der Waals surface area contributed by atoms with E-state index in [0.29, 0.717) is 29.5 Å². The molecule has 0 aliphatic carbocycles. The largest absolute Gasteiger partial charge is 0.493 e. The average Bonchev–Trinajstić information content (AvgIpc) is 2.47. The van der Waals surface area contributed by atoms with Crippen molar-refractivity contribution in [3.05, 3.63) is 46.4 Å². The molecule has 20 heavy (non-hydrogen) atoms. The van der Waals surface area contributed by atoms with Gasteiger partial charge in [0, 0.05) is 11.0 Å². The fourth-order valence-corrected chi connectivity index (χ4v) is 2.31. The van der Waals surface area contributed by atoms with Crippen LogP contribution in [0.25, 0.3) is 0 Å². The molecule has 0 unspecified atom stereocenters. The van der Waals surface area contributed by atoms with Gasteiger partial charge in [-0.25, -0.2) is 0 Å². The van der Waals surface area contributed by atoms with Crippen molar-refractivity contribution >= 4 is 15.9 Å². The van der Waals surface area contributed by atoms with Gasteiger partial charge < -0.3 is 19.9 Å². The van der Waals surface area contributed by atoms with Crippen molar-refractivity contribution in [2.24, 2.45) is 5.73 Å². The molecular formula is C15H16BrNO3. The lowest BCUT2D eigenvalue weighted by Crippen LogP contribution is -1.98. The van der Waals surface area contributed by atoms with Crippen LogP contribution in [0.5, 0.6) is 23.0 Å². The third kappa shape index (κ3) is 3.05. The summed E-state index contributed by atoms with van der Waals surface area (Å²) in [4.78, 5) is 0. The lowest BCUT2D eigenvalue weighted by Gasteiger charge is -2.14. The van der Waals surface area contributed by atoms with Gasteiger partial charge in [-0.2, -0.15) is 0 Å². The van der Waals surface area contributed by atoms with E-state index in [-0.39, 0.29) is 0 Å². The number of hydrogen-bond acceptors (Lipinski definition) is 4. The summed E-state index contributed by atoms with van der Waals surface area (Å²) in [5.41, 5.74) is 6.65. The Bertz CT molecular complexity index is 579. The zero-order valence-electron chi connectivity index (χ0n) is 11.4. The van der Waals surface area contributed by atoms with Crippen molar-refractivity contribution in [3.63, 3.8) is 0 Å². The number of nitrogens with two attached hydrogens (primary N) is 1. The van der Waals surface area contributed by atoms with Gasteiger partial charge >= 0.3 is 0 Å². The maximum atomic E-state index is 5.88. The van der Waals surface area contributed by atoms with E-state index in [1.165, 1.54) is 0 Å². The van der Waals surface area contributed by atoms with Gasteiger partial charge in [-0.05, 0) is 29.8 Å². The quantitative estimate of drug-likeness (QED) is 0.903. The number of ether oxygens (including phenoxy) is 3. The van der Waals surface area contributed by atoms with Gasteiger partial charge in [0.25, 0.3) is 0 Å². The fourth-order valence-electron chi connectivity index (χ4n) is 1.79. The highest BCUT2D eigenvalue weighted by Gasteiger charge is 2.13. The van der Waals surface area contributed by atoms with E-state index in [2.05, 4.69) is 15.9 Å². The number of para-hydroxylation sites is 1. The molecule has 0 amide bonds. The maximum Gasteiger partial charge on any atom is 0.210 e. The second kappa shape index (κ2) is 6.63. The molecule has 2 N–H and O–H groups in total. The lowest BCUT2D eigenvalue weighted by molar-refractivity contribution is 0.346. The molecule has 2 rings (SSSR count). The standard InChI is InChI=1S/C15H16BrNO3/c1-18-13-4-3-5-14(19-2)15(13)20-11-7-6-10(9-17)12(16)8-11/h3-8H,9,17H2,1-2H3. The van der Waals surface area contributed by atoms with Crippen LogP contribution in [0.4, 0.5) is 0 Å². The van der Waals surface area contributed by atoms with E-state index in [9.17, 15) is 0 Å². The van der Waals surface area contributed by atoms with E-state index in [1.54, 1.807) is 14.2 Å². The molecule has 4 nitrogen and oxygen atoms in total. The van der Waals surface area contributed by atoms with Crippen LogP contribution < -0.4 is 19.9 Å². The smallest absolute Gasteiger partial charge is 0.210 e. The number of methoxy groups -OCH3 is 2. The van der Waals surface area contributed by atoms with Gasteiger partial charge in [0.05, 0.1) is 14.2 Å². The summed E-state index contributed by atoms with van der Waals surface area (Å²) < 4.78 is 17.4. The molecular weight excluding hydrogens is 322 g/mol. The summed E-state index contributed by atoms with van der Waals surface area (Å²) in [5.74, 6) is 2.45. The van der Waals surface area contributed by atoms with E-state index in [1.807, 2.05) is 36.4 Å². The topological polar surface area (TPSA) is 53.7 Å². The molecule has 0 aromatic heterocycles. The highest BCUT2D eigenvalue weighted by atomic mass is 79.9. The van der Waals surface area contributed by atoms with E-state index in [0.717, 1.165) is 10.0 Å². The average molecular weight is 338 g/mol. The molecule has 0 aliphatic heterocycles. The van der Waals surface area contributed by atoms with Gasteiger partial charge in [0.1, 0.15) is 5.75 Å². The van der Waals surface area contributed by atoms with Crippen LogP contribution in [0.1, 0.15) is 5.56 Å². The molecule has 0 radical (unpaired) electrons. The van der Waals surface area contributed by atoms with Crippen molar-refractivity contribution < 1.29 is 14.2 Å². The van der Waals surface area contributed by atoms with Gasteiger partial charge in [-0.15, -0.1) is 0 Å². The molecule has 0 atom stereocenters. The van der Waals surface area contributed by atoms with E-state index in [4.69, 9.17) is 19.9 Å². The molecule has 0 saturated heterocycles. The zero-order chi connectivity index (χ0) is 14.5. The van der Waals surface area contributed by atoms with Gasteiger partial charge in [0.2, 0.25) is 5.75 Å². The van der Waals surface area contributed by atoms with Crippen LogP contribution in [-0.2, 0) is 6.54 Å². The van der Waals surface area contributed by atoms with Crippen LogP contribution >= 0.6 is 15.9 Å². The zero-order valence-corrected chi connectivity index (χ0v) is 12.9. The Morgan fingerprint density at radius 3 is 2.20 bits per heavy atom. The molecule has 0 aliphatic rings. The summed E-state index contributed by atoms with van der Waals surface area (Å²) in [6.45, 7) is 0.471. The Kier molecular flexibility index (Phi) is 4.87. The minimum atomic E-state index is 0.471. The summed E-state index contributed by atoms with van der Waals surface area (Å²) in [7, 11) is 3.18. The first kappa shape index (κ1) is 14.7. The van der Waals surface area contributed by atoms with Crippen LogP contribution in [0, 0.1) is 0 Å². The minimum Gasteiger partial charge on any atom is -0.493 e. The molecule has 0 saturated carbocycles. The number of rotatable bonds is 5. The first-order chi connectivity index (χ1) is 9.69. The third-order valence-electron chi connectivity index (χ3n) is 2.85. The molecule has 0 fully saturated rings. The summed E-state index contributed by atoms with van der Waals surface area (Å²) in [6.07, 6.45) is 0. The highest BCUT2D eigenvalue weighted by Crippen LogP contribution is 2.40. The number of benzene rings is 2. The molecule has 0 heterocycles. The SMILES string of the molecule is COc1cccc(OC)c1Oc1ccc(CN)c(Br)c1. The Hall–Kier alpha value is -1.72. The predicted molar refractivity (Wildman–Crippen MR) is 81.7 cm³/mol. The molecule has 106 valence electrons. The first-order valence-corrected chi connectivity index (χ1v) is 6.86. The second-order valence-corrected chi connectivity index (χ2v) is 4.91. The summed E-state index contributed by atoms with van der Waals surface area (Å²) in [5, 5.41) is 0. The molecule has 5 heteroatoms. The van der Waals surface area contributed by atoms with Crippen molar-refractivity contribution in [3.8, 4) is 23.0 Å². The number of hydrogen-bond donors (Lipinski definition) is 1. The van der Waals surface area contributed by atoms with Gasteiger partial charge in [-0.1, -0.05) is 28.1 Å². The van der Waals surface area contributed by atoms with Crippen LogP contribution in [0.2, 0.25) is 0 Å². The monoisotopic (exact) mass is 337 g/mol. The number of halogens is 1. The first-order valence-electron chi connectivity index (χ1n) is 6.07. The van der Waals surface area contributed by atoms with Crippen LogP contribution in [0.3, 0.4) is 0 Å². The molecule has 0 bridgehead atoms. The lowest BCUT2D eigenvalue weighted by atomic mass is 10.2. The summed E-state index contributed by atoms with van der Waals surface area (Å²) >= 11 is 3.47. The van der Waals surface area contributed by atoms with E-state index < -0.39 is 0 Å². The van der Waals surface area contributed by atoms with Crippen molar-refractivity contribution in [1.82, 2.24) is 0 Å². The molecule has 2 aromatic carbocycles. The molecule has 0 spiro atoms. The Labute approximate surface area is 126 Å². The Morgan fingerprint density at radius 2 is 1.70 bits per heavy atom. The van der Waals surface area contributed by atoms with Crippen LogP contribution in [-0.4, -0.2) is 14.2 Å². The summed E-state index contributed by atoms with van der Waals surface area (Å²) in [6, 6.07) is 11.1. The fraction of sp³-hybridized carbons (Fsp3) is 0.200. The van der Waals surface area contributed by atoms with Gasteiger partial charge in [0.15, 0.2) is 11.5 Å². The second-order valence-electron chi connectivity index (χ2n) is 4.05. The Morgan fingerprint density at radius 1 is 1.05 bits per heavy atom. The van der Waals surface area contributed by atoms with Crippen LogP contribution in [0.15, 0.2) is 40.9 Å².